The van der Waals surface area contributed by atoms with Gasteiger partial charge < -0.3 is 9.84 Å². The van der Waals surface area contributed by atoms with E-state index in [1.807, 2.05) is 36.7 Å². The van der Waals surface area contributed by atoms with Crippen LogP contribution in [0.1, 0.15) is 31.3 Å². The molecule has 0 unspecified atom stereocenters. The van der Waals surface area contributed by atoms with Gasteiger partial charge in [0.05, 0.1) is 11.1 Å². The molecule has 1 aromatic heterocycles. The van der Waals surface area contributed by atoms with E-state index in [0.717, 1.165) is 21.6 Å². The summed E-state index contributed by atoms with van der Waals surface area (Å²) in [5, 5.41) is 13.2. The molecule has 5 nitrogen and oxygen atoms in total. The molecule has 102 valence electrons. The largest absolute Gasteiger partial charge is 0.484 e. The quantitative estimate of drug-likeness (QED) is 0.918. The number of aliphatic hydroxyl groups excluding tert-OH is 1. The molecule has 19 heavy (non-hydrogen) atoms. The van der Waals surface area contributed by atoms with Crippen molar-refractivity contribution in [2.24, 2.45) is 0 Å². The second-order valence-electron chi connectivity index (χ2n) is 4.43. The number of aliphatic hydroxyl groups is 1. The zero-order valence-corrected chi connectivity index (χ0v) is 12.5. The molecule has 0 aliphatic rings. The Hall–Kier alpha value is -1.40. The summed E-state index contributed by atoms with van der Waals surface area (Å²) in [6.45, 7) is 4.46. The van der Waals surface area contributed by atoms with Crippen LogP contribution in [0.5, 0.6) is 5.75 Å². The van der Waals surface area contributed by atoms with E-state index in [1.54, 1.807) is 0 Å². The predicted octanol–water partition coefficient (Wildman–Crippen LogP) is 2.69. The van der Waals surface area contributed by atoms with Gasteiger partial charge >= 0.3 is 0 Å². The van der Waals surface area contributed by atoms with Crippen molar-refractivity contribution >= 4 is 15.9 Å². The van der Waals surface area contributed by atoms with Crippen LogP contribution in [0.2, 0.25) is 0 Å². The summed E-state index contributed by atoms with van der Waals surface area (Å²) in [7, 11) is 0. The molecule has 0 saturated heterocycles. The van der Waals surface area contributed by atoms with Gasteiger partial charge in [-0.05, 0) is 47.5 Å². The first-order valence-corrected chi connectivity index (χ1v) is 6.81. The van der Waals surface area contributed by atoms with Crippen molar-refractivity contribution < 1.29 is 9.84 Å². The second kappa shape index (κ2) is 6.16. The summed E-state index contributed by atoms with van der Waals surface area (Å²) in [5.41, 5.74) is 0.838. The maximum absolute atomic E-state index is 9.05. The molecule has 2 rings (SSSR count). The Labute approximate surface area is 120 Å². The van der Waals surface area contributed by atoms with E-state index in [4.69, 9.17) is 9.84 Å². The number of aromatic nitrogens is 3. The van der Waals surface area contributed by atoms with Crippen LogP contribution >= 0.6 is 15.9 Å². The Morgan fingerprint density at radius 2 is 2.21 bits per heavy atom. The number of rotatable bonds is 5. The van der Waals surface area contributed by atoms with E-state index in [1.165, 1.54) is 6.33 Å². The standard InChI is InChI=1S/C13H16BrN3O2/c1-9(2)17-13(15-8-16-17)7-19-12-4-3-10(6-18)5-11(12)14/h3-5,8-9,18H,6-7H2,1-2H3. The maximum atomic E-state index is 9.05. The van der Waals surface area contributed by atoms with Crippen LogP contribution in [0.4, 0.5) is 0 Å². The Morgan fingerprint density at radius 3 is 2.84 bits per heavy atom. The molecule has 0 radical (unpaired) electrons. The molecule has 0 saturated carbocycles. The van der Waals surface area contributed by atoms with Gasteiger partial charge in [0.2, 0.25) is 0 Å². The van der Waals surface area contributed by atoms with Crippen LogP contribution in [0.25, 0.3) is 0 Å². The number of ether oxygens (including phenoxy) is 1. The van der Waals surface area contributed by atoms with E-state index >= 15 is 0 Å². The smallest absolute Gasteiger partial charge is 0.165 e. The summed E-state index contributed by atoms with van der Waals surface area (Å²) in [4.78, 5) is 4.19. The highest BCUT2D eigenvalue weighted by Gasteiger charge is 2.09. The summed E-state index contributed by atoms with van der Waals surface area (Å²) in [5.74, 6) is 1.50. The van der Waals surface area contributed by atoms with Crippen LogP contribution in [0, 0.1) is 0 Å². The van der Waals surface area contributed by atoms with Gasteiger partial charge in [-0.25, -0.2) is 9.67 Å². The van der Waals surface area contributed by atoms with Gasteiger partial charge in [-0.1, -0.05) is 6.07 Å². The number of hydrogen-bond acceptors (Lipinski definition) is 4. The molecule has 0 aliphatic heterocycles. The first kappa shape index (κ1) is 14.0. The summed E-state index contributed by atoms with van der Waals surface area (Å²) in [6.07, 6.45) is 1.53. The topological polar surface area (TPSA) is 60.2 Å². The third kappa shape index (κ3) is 3.33. The van der Waals surface area contributed by atoms with Gasteiger partial charge in [-0.3, -0.25) is 0 Å². The van der Waals surface area contributed by atoms with Crippen molar-refractivity contribution in [1.82, 2.24) is 14.8 Å². The summed E-state index contributed by atoms with van der Waals surface area (Å²) >= 11 is 3.42. The van der Waals surface area contributed by atoms with Gasteiger partial charge in [-0.15, -0.1) is 0 Å². The lowest BCUT2D eigenvalue weighted by molar-refractivity contribution is 0.276. The fourth-order valence-corrected chi connectivity index (χ4v) is 2.25. The van der Waals surface area contributed by atoms with Crippen LogP contribution in [-0.4, -0.2) is 19.9 Å². The van der Waals surface area contributed by atoms with E-state index in [2.05, 4.69) is 26.0 Å². The monoisotopic (exact) mass is 325 g/mol. The van der Waals surface area contributed by atoms with Crippen LogP contribution in [0.15, 0.2) is 29.0 Å². The number of nitrogens with zero attached hydrogens (tertiary/aromatic N) is 3. The van der Waals surface area contributed by atoms with E-state index in [0.29, 0.717) is 6.61 Å². The van der Waals surface area contributed by atoms with Crippen molar-refractivity contribution in [1.29, 1.82) is 0 Å². The molecule has 0 fully saturated rings. The molecule has 0 amide bonds. The average molecular weight is 326 g/mol. The lowest BCUT2D eigenvalue weighted by atomic mass is 10.2. The molecule has 1 heterocycles. The van der Waals surface area contributed by atoms with Gasteiger partial charge in [0.25, 0.3) is 0 Å². The number of halogens is 1. The molecule has 1 aromatic carbocycles. The van der Waals surface area contributed by atoms with Crippen molar-refractivity contribution in [3.05, 3.63) is 40.4 Å². The van der Waals surface area contributed by atoms with Crippen LogP contribution < -0.4 is 4.74 Å². The van der Waals surface area contributed by atoms with E-state index in [9.17, 15) is 0 Å². The first-order valence-electron chi connectivity index (χ1n) is 6.02. The molecule has 0 aliphatic carbocycles. The van der Waals surface area contributed by atoms with E-state index < -0.39 is 0 Å². The van der Waals surface area contributed by atoms with Crippen LogP contribution in [-0.2, 0) is 13.2 Å². The number of benzene rings is 1. The Balaban J connectivity index is 2.08. The van der Waals surface area contributed by atoms with Gasteiger partial charge in [0.1, 0.15) is 18.7 Å². The minimum Gasteiger partial charge on any atom is -0.484 e. The Bertz CT molecular complexity index is 555. The van der Waals surface area contributed by atoms with Crippen molar-refractivity contribution in [2.75, 3.05) is 0 Å². The van der Waals surface area contributed by atoms with E-state index in [-0.39, 0.29) is 12.6 Å². The van der Waals surface area contributed by atoms with Gasteiger partial charge in [0.15, 0.2) is 5.82 Å². The zero-order valence-electron chi connectivity index (χ0n) is 10.9. The highest BCUT2D eigenvalue weighted by Crippen LogP contribution is 2.26. The van der Waals surface area contributed by atoms with Crippen molar-refractivity contribution in [2.45, 2.75) is 33.1 Å². The fourth-order valence-electron chi connectivity index (χ4n) is 1.71. The highest BCUT2D eigenvalue weighted by atomic mass is 79.9. The molecular formula is C13H16BrN3O2. The van der Waals surface area contributed by atoms with Crippen molar-refractivity contribution in [3.8, 4) is 5.75 Å². The Morgan fingerprint density at radius 1 is 1.42 bits per heavy atom. The molecule has 6 heteroatoms. The molecule has 0 bridgehead atoms. The van der Waals surface area contributed by atoms with Gasteiger partial charge in [-0.2, -0.15) is 5.10 Å². The van der Waals surface area contributed by atoms with Crippen LogP contribution in [0.3, 0.4) is 0 Å². The zero-order chi connectivity index (χ0) is 13.8. The third-order valence-corrected chi connectivity index (χ3v) is 3.29. The maximum Gasteiger partial charge on any atom is 0.165 e. The Kier molecular flexibility index (Phi) is 4.55. The SMILES string of the molecule is CC(C)n1ncnc1COc1ccc(CO)cc1Br. The molecular weight excluding hydrogens is 310 g/mol. The lowest BCUT2D eigenvalue weighted by Gasteiger charge is -2.11. The van der Waals surface area contributed by atoms with Crippen molar-refractivity contribution in [3.63, 3.8) is 0 Å². The molecule has 1 N–H and O–H groups in total. The fraction of sp³-hybridized carbons (Fsp3) is 0.385. The average Bonchev–Trinajstić information content (AvgIpc) is 2.85. The minimum atomic E-state index is 0.0144. The minimum absolute atomic E-state index is 0.0144. The predicted molar refractivity (Wildman–Crippen MR) is 74.8 cm³/mol. The molecule has 0 atom stereocenters. The lowest BCUT2D eigenvalue weighted by Crippen LogP contribution is -2.10. The molecule has 2 aromatic rings. The highest BCUT2D eigenvalue weighted by molar-refractivity contribution is 9.10. The van der Waals surface area contributed by atoms with Gasteiger partial charge in [0, 0.05) is 6.04 Å². The number of hydrogen-bond donors (Lipinski definition) is 1. The molecule has 0 spiro atoms. The second-order valence-corrected chi connectivity index (χ2v) is 5.28. The normalized spacial score (nSPS) is 11.0. The summed E-state index contributed by atoms with van der Waals surface area (Å²) < 4.78 is 8.36. The first-order chi connectivity index (χ1) is 9.11. The third-order valence-electron chi connectivity index (χ3n) is 2.67. The summed E-state index contributed by atoms with van der Waals surface area (Å²) in [6, 6.07) is 5.74.